The van der Waals surface area contributed by atoms with Crippen LogP contribution in [0.25, 0.3) is 11.0 Å². The average Bonchev–Trinajstić information content (AvgIpc) is 3.42. The third-order valence-electron chi connectivity index (χ3n) is 6.55. The van der Waals surface area contributed by atoms with Gasteiger partial charge in [-0.2, -0.15) is 0 Å². The van der Waals surface area contributed by atoms with E-state index in [1.54, 1.807) is 0 Å². The lowest BCUT2D eigenvalue weighted by molar-refractivity contribution is -0.117. The number of hydrogen-bond donors (Lipinski definition) is 0. The highest BCUT2D eigenvalue weighted by molar-refractivity contribution is 5.96. The number of amides is 1. The van der Waals surface area contributed by atoms with Crippen LogP contribution in [-0.2, 0) is 11.3 Å². The van der Waals surface area contributed by atoms with Crippen molar-refractivity contribution in [1.82, 2.24) is 9.55 Å². The van der Waals surface area contributed by atoms with Crippen molar-refractivity contribution < 1.29 is 14.3 Å². The van der Waals surface area contributed by atoms with Gasteiger partial charge in [0.2, 0.25) is 5.91 Å². The Labute approximate surface area is 206 Å². The van der Waals surface area contributed by atoms with Crippen LogP contribution in [0, 0.1) is 13.8 Å². The molecule has 0 bridgehead atoms. The van der Waals surface area contributed by atoms with Crippen molar-refractivity contribution in [3.63, 3.8) is 0 Å². The summed E-state index contributed by atoms with van der Waals surface area (Å²) in [7, 11) is 0. The van der Waals surface area contributed by atoms with Gasteiger partial charge in [0, 0.05) is 24.6 Å². The van der Waals surface area contributed by atoms with Gasteiger partial charge in [-0.25, -0.2) is 4.98 Å². The van der Waals surface area contributed by atoms with Crippen molar-refractivity contribution in [2.45, 2.75) is 39.7 Å². The number of carbonyl (C=O) groups excluding carboxylic acids is 1. The van der Waals surface area contributed by atoms with Crippen LogP contribution in [0.5, 0.6) is 11.5 Å². The minimum absolute atomic E-state index is 0.0159. The van der Waals surface area contributed by atoms with Crippen molar-refractivity contribution >= 4 is 22.6 Å². The Bertz CT molecular complexity index is 1340. The van der Waals surface area contributed by atoms with Crippen LogP contribution in [0.1, 0.15) is 36.2 Å². The summed E-state index contributed by atoms with van der Waals surface area (Å²) in [6.07, 6.45) is 0.439. The summed E-state index contributed by atoms with van der Waals surface area (Å²) in [5.74, 6) is 2.79. The summed E-state index contributed by atoms with van der Waals surface area (Å²) in [6.45, 7) is 8.51. The van der Waals surface area contributed by atoms with E-state index in [4.69, 9.17) is 14.5 Å². The van der Waals surface area contributed by atoms with Gasteiger partial charge in [-0.15, -0.1) is 0 Å². The van der Waals surface area contributed by atoms with E-state index >= 15 is 0 Å². The number of para-hydroxylation sites is 2. The predicted molar refractivity (Wildman–Crippen MR) is 138 cm³/mol. The molecule has 0 N–H and O–H groups in total. The second-order valence-electron chi connectivity index (χ2n) is 9.06. The highest BCUT2D eigenvalue weighted by Gasteiger charge is 2.34. The number of hydrogen-bond acceptors (Lipinski definition) is 4. The topological polar surface area (TPSA) is 56.6 Å². The maximum atomic E-state index is 13.0. The highest BCUT2D eigenvalue weighted by Crippen LogP contribution is 2.34. The summed E-state index contributed by atoms with van der Waals surface area (Å²) >= 11 is 0. The molecule has 1 atom stereocenters. The molecular weight excluding hydrogens is 438 g/mol. The lowest BCUT2D eigenvalue weighted by Crippen LogP contribution is -2.24. The lowest BCUT2D eigenvalue weighted by atomic mass is 10.1. The molecule has 4 aromatic rings. The zero-order valence-electron chi connectivity index (χ0n) is 20.5. The summed E-state index contributed by atoms with van der Waals surface area (Å²) in [4.78, 5) is 19.8. The number of benzene rings is 3. The zero-order chi connectivity index (χ0) is 24.4. The molecule has 0 radical (unpaired) electrons. The molecule has 1 aromatic heterocycles. The van der Waals surface area contributed by atoms with Crippen LogP contribution in [0.4, 0.5) is 5.69 Å². The lowest BCUT2D eigenvalue weighted by Gasteiger charge is -2.18. The first kappa shape index (κ1) is 23.0. The fraction of sp³-hybridized carbons (Fsp3) is 0.310. The first-order valence-corrected chi connectivity index (χ1v) is 12.2. The molecule has 0 spiro atoms. The van der Waals surface area contributed by atoms with Gasteiger partial charge in [0.15, 0.2) is 0 Å². The number of aromatic nitrogens is 2. The Kier molecular flexibility index (Phi) is 6.45. The van der Waals surface area contributed by atoms with Crippen molar-refractivity contribution in [2.75, 3.05) is 24.7 Å². The molecule has 2 heterocycles. The molecule has 5 rings (SSSR count). The SMILES string of the molecule is CCOc1ccc(N2C[C@@H](c3nc4ccccc4n3CCOc3cc(C)ccc3C)CC2=O)cc1. The largest absolute Gasteiger partial charge is 0.494 e. The monoisotopic (exact) mass is 469 g/mol. The molecule has 3 aromatic carbocycles. The van der Waals surface area contributed by atoms with E-state index in [9.17, 15) is 4.79 Å². The van der Waals surface area contributed by atoms with Gasteiger partial charge in [0.05, 0.1) is 24.2 Å². The van der Waals surface area contributed by atoms with Gasteiger partial charge in [0.1, 0.15) is 23.9 Å². The number of anilines is 1. The Morgan fingerprint density at radius 3 is 2.60 bits per heavy atom. The number of fused-ring (bicyclic) bond motifs is 1. The van der Waals surface area contributed by atoms with E-state index in [0.29, 0.717) is 32.7 Å². The third-order valence-corrected chi connectivity index (χ3v) is 6.55. The highest BCUT2D eigenvalue weighted by atomic mass is 16.5. The molecule has 0 unspecified atom stereocenters. The predicted octanol–water partition coefficient (Wildman–Crippen LogP) is 5.65. The van der Waals surface area contributed by atoms with Crippen LogP contribution in [-0.4, -0.2) is 35.2 Å². The zero-order valence-corrected chi connectivity index (χ0v) is 20.5. The van der Waals surface area contributed by atoms with E-state index in [-0.39, 0.29) is 11.8 Å². The molecule has 180 valence electrons. The van der Waals surface area contributed by atoms with Crippen LogP contribution in [0.3, 0.4) is 0 Å². The summed E-state index contributed by atoms with van der Waals surface area (Å²) in [5, 5.41) is 0. The molecule has 0 aliphatic carbocycles. The second-order valence-corrected chi connectivity index (χ2v) is 9.06. The molecule has 1 amide bonds. The van der Waals surface area contributed by atoms with E-state index in [1.807, 2.05) is 54.3 Å². The summed E-state index contributed by atoms with van der Waals surface area (Å²) in [5.41, 5.74) is 5.21. The molecule has 1 fully saturated rings. The van der Waals surface area contributed by atoms with Gasteiger partial charge >= 0.3 is 0 Å². The first-order valence-electron chi connectivity index (χ1n) is 12.2. The number of aryl methyl sites for hydroxylation is 2. The van der Waals surface area contributed by atoms with Gasteiger partial charge < -0.3 is 18.9 Å². The van der Waals surface area contributed by atoms with E-state index < -0.39 is 0 Å². The van der Waals surface area contributed by atoms with Crippen LogP contribution in [0.15, 0.2) is 66.7 Å². The first-order chi connectivity index (χ1) is 17.0. The number of imidazole rings is 1. The van der Waals surface area contributed by atoms with Crippen LogP contribution >= 0.6 is 0 Å². The van der Waals surface area contributed by atoms with Gasteiger partial charge in [-0.05, 0) is 74.4 Å². The Morgan fingerprint density at radius 1 is 1.00 bits per heavy atom. The average molecular weight is 470 g/mol. The number of carbonyl (C=O) groups is 1. The normalized spacial score (nSPS) is 15.7. The minimum Gasteiger partial charge on any atom is -0.494 e. The molecule has 1 saturated heterocycles. The maximum absolute atomic E-state index is 13.0. The minimum atomic E-state index is 0.0159. The third kappa shape index (κ3) is 4.74. The Hall–Kier alpha value is -3.80. The molecule has 1 aliphatic rings. The van der Waals surface area contributed by atoms with E-state index in [2.05, 4.69) is 42.7 Å². The van der Waals surface area contributed by atoms with Gasteiger partial charge in [-0.3, -0.25) is 4.79 Å². The molecule has 35 heavy (non-hydrogen) atoms. The second kappa shape index (κ2) is 9.82. The standard InChI is InChI=1S/C29H31N3O3/c1-4-34-24-13-11-23(12-14-24)32-19-22(18-28(32)33)29-30-25-7-5-6-8-26(25)31(29)15-16-35-27-17-20(2)9-10-21(27)3/h5-14,17,22H,4,15-16,18-19H2,1-3H3/t22-/m0/s1. The number of nitrogens with zero attached hydrogens (tertiary/aromatic N) is 3. The van der Waals surface area contributed by atoms with Gasteiger partial charge in [0.25, 0.3) is 0 Å². The Balaban J connectivity index is 1.37. The molecule has 1 aliphatic heterocycles. The fourth-order valence-electron chi connectivity index (χ4n) is 4.77. The van der Waals surface area contributed by atoms with Crippen molar-refractivity contribution in [3.8, 4) is 11.5 Å². The van der Waals surface area contributed by atoms with Crippen molar-refractivity contribution in [3.05, 3.63) is 83.7 Å². The smallest absolute Gasteiger partial charge is 0.227 e. The van der Waals surface area contributed by atoms with E-state index in [1.165, 1.54) is 5.56 Å². The van der Waals surface area contributed by atoms with Crippen molar-refractivity contribution in [2.24, 2.45) is 0 Å². The molecular formula is C29H31N3O3. The number of ether oxygens (including phenoxy) is 2. The fourth-order valence-corrected chi connectivity index (χ4v) is 4.77. The quantitative estimate of drug-likeness (QED) is 0.335. The number of rotatable bonds is 8. The molecule has 6 nitrogen and oxygen atoms in total. The van der Waals surface area contributed by atoms with Gasteiger partial charge in [-0.1, -0.05) is 24.3 Å². The summed E-state index contributed by atoms with van der Waals surface area (Å²) < 4.78 is 13.9. The van der Waals surface area contributed by atoms with Crippen molar-refractivity contribution in [1.29, 1.82) is 0 Å². The molecule has 0 saturated carbocycles. The van der Waals surface area contributed by atoms with Crippen LogP contribution < -0.4 is 14.4 Å². The Morgan fingerprint density at radius 2 is 1.80 bits per heavy atom. The van der Waals surface area contributed by atoms with E-state index in [0.717, 1.165) is 39.6 Å². The maximum Gasteiger partial charge on any atom is 0.227 e. The summed E-state index contributed by atoms with van der Waals surface area (Å²) in [6, 6.07) is 22.1. The van der Waals surface area contributed by atoms with Crippen LogP contribution in [0.2, 0.25) is 0 Å². The molecule has 6 heteroatoms.